The Bertz CT molecular complexity index is 471. The van der Waals surface area contributed by atoms with Gasteiger partial charge in [-0.05, 0) is 26.3 Å². The van der Waals surface area contributed by atoms with Gasteiger partial charge in [0, 0.05) is 6.04 Å². The molecular weight excluding hydrogens is 212 g/mol. The van der Waals surface area contributed by atoms with Crippen molar-refractivity contribution < 1.29 is 4.74 Å². The van der Waals surface area contributed by atoms with Crippen molar-refractivity contribution in [3.8, 4) is 5.75 Å². The van der Waals surface area contributed by atoms with E-state index in [0.717, 1.165) is 5.75 Å². The van der Waals surface area contributed by atoms with Gasteiger partial charge < -0.3 is 4.74 Å². The van der Waals surface area contributed by atoms with E-state index in [4.69, 9.17) is 4.74 Å². The summed E-state index contributed by atoms with van der Waals surface area (Å²) in [4.78, 5) is 0. The molecule has 3 heteroatoms. The third kappa shape index (κ3) is 3.09. The minimum absolute atomic E-state index is 0.367. The van der Waals surface area contributed by atoms with Gasteiger partial charge in [0.2, 0.25) is 0 Å². The van der Waals surface area contributed by atoms with Crippen LogP contribution >= 0.6 is 0 Å². The fraction of sp³-hybridized carbons (Fsp3) is 0.357. The van der Waals surface area contributed by atoms with Gasteiger partial charge in [-0.1, -0.05) is 29.8 Å². The number of hydrogen-bond acceptors (Lipinski definition) is 2. The molecule has 0 saturated heterocycles. The van der Waals surface area contributed by atoms with Crippen molar-refractivity contribution in [1.29, 1.82) is 0 Å². The average Bonchev–Trinajstić information content (AvgIpc) is 2.77. The summed E-state index contributed by atoms with van der Waals surface area (Å²) in [6.45, 7) is 6.86. The van der Waals surface area contributed by atoms with Gasteiger partial charge in [0.25, 0.3) is 0 Å². The molecule has 0 spiro atoms. The molecule has 1 aromatic carbocycles. The van der Waals surface area contributed by atoms with E-state index in [9.17, 15) is 0 Å². The molecule has 1 heterocycles. The largest absolute Gasteiger partial charge is 0.486 e. The van der Waals surface area contributed by atoms with Crippen molar-refractivity contribution in [3.05, 3.63) is 47.8 Å². The zero-order valence-electron chi connectivity index (χ0n) is 10.6. The Balaban J connectivity index is 1.95. The van der Waals surface area contributed by atoms with Gasteiger partial charge in [-0.25, -0.2) is 0 Å². The molecule has 17 heavy (non-hydrogen) atoms. The molecule has 0 saturated carbocycles. The second-order valence-electron chi connectivity index (χ2n) is 4.52. The van der Waals surface area contributed by atoms with Crippen LogP contribution in [-0.2, 0) is 6.61 Å². The summed E-state index contributed by atoms with van der Waals surface area (Å²) >= 11 is 0. The van der Waals surface area contributed by atoms with Crippen LogP contribution in [0.15, 0.2) is 36.7 Å². The maximum atomic E-state index is 5.68. The van der Waals surface area contributed by atoms with E-state index in [-0.39, 0.29) is 0 Å². The van der Waals surface area contributed by atoms with E-state index in [1.165, 1.54) is 11.1 Å². The van der Waals surface area contributed by atoms with Gasteiger partial charge >= 0.3 is 0 Å². The number of nitrogens with zero attached hydrogens (tertiary/aromatic N) is 2. The summed E-state index contributed by atoms with van der Waals surface area (Å²) < 4.78 is 7.57. The summed E-state index contributed by atoms with van der Waals surface area (Å²) in [6, 6.07) is 8.73. The molecule has 3 nitrogen and oxygen atoms in total. The molecule has 0 radical (unpaired) electrons. The quantitative estimate of drug-likeness (QED) is 0.805. The van der Waals surface area contributed by atoms with E-state index >= 15 is 0 Å². The van der Waals surface area contributed by atoms with Crippen molar-refractivity contribution in [2.24, 2.45) is 0 Å². The Labute approximate surface area is 102 Å². The summed E-state index contributed by atoms with van der Waals surface area (Å²) in [5.74, 6) is 0.819. The van der Waals surface area contributed by atoms with Crippen LogP contribution in [0.4, 0.5) is 0 Å². The van der Waals surface area contributed by atoms with Gasteiger partial charge in [-0.3, -0.25) is 4.68 Å². The summed E-state index contributed by atoms with van der Waals surface area (Å²) in [5, 5.41) is 4.23. The third-order valence-electron chi connectivity index (χ3n) is 2.63. The normalized spacial score (nSPS) is 10.8. The second kappa shape index (κ2) is 5.04. The van der Waals surface area contributed by atoms with Crippen molar-refractivity contribution in [2.75, 3.05) is 0 Å². The monoisotopic (exact) mass is 230 g/mol. The first-order valence-electron chi connectivity index (χ1n) is 5.87. The van der Waals surface area contributed by atoms with Crippen LogP contribution in [0.1, 0.15) is 31.0 Å². The molecule has 0 atom stereocenters. The van der Waals surface area contributed by atoms with E-state index in [0.29, 0.717) is 12.6 Å². The predicted molar refractivity (Wildman–Crippen MR) is 68.1 cm³/mol. The lowest BCUT2D eigenvalue weighted by Gasteiger charge is -2.05. The second-order valence-corrected chi connectivity index (χ2v) is 4.52. The minimum atomic E-state index is 0.367. The molecular formula is C14H18N2O. The third-order valence-corrected chi connectivity index (χ3v) is 2.63. The Morgan fingerprint density at radius 2 is 1.94 bits per heavy atom. The summed E-state index contributed by atoms with van der Waals surface area (Å²) in [6.07, 6.45) is 3.69. The Morgan fingerprint density at radius 3 is 2.53 bits per heavy atom. The summed E-state index contributed by atoms with van der Waals surface area (Å²) in [7, 11) is 0. The molecule has 2 aromatic rings. The first kappa shape index (κ1) is 11.7. The molecule has 0 N–H and O–H groups in total. The average molecular weight is 230 g/mol. The first-order chi connectivity index (χ1) is 8.15. The molecule has 0 aliphatic rings. The van der Waals surface area contributed by atoms with Gasteiger partial charge in [0.1, 0.15) is 6.61 Å². The van der Waals surface area contributed by atoms with Crippen molar-refractivity contribution in [1.82, 2.24) is 9.78 Å². The van der Waals surface area contributed by atoms with Crippen LogP contribution in [0, 0.1) is 6.92 Å². The lowest BCUT2D eigenvalue weighted by atomic mass is 10.2. The fourth-order valence-corrected chi connectivity index (χ4v) is 1.53. The highest BCUT2D eigenvalue weighted by atomic mass is 16.5. The molecule has 0 bridgehead atoms. The maximum absolute atomic E-state index is 5.68. The zero-order chi connectivity index (χ0) is 12.3. The lowest BCUT2D eigenvalue weighted by Crippen LogP contribution is -2.00. The number of hydrogen-bond donors (Lipinski definition) is 0. The molecule has 1 aromatic heterocycles. The number of ether oxygens (including phenoxy) is 1. The van der Waals surface area contributed by atoms with Gasteiger partial charge in [0.15, 0.2) is 5.75 Å². The molecule has 0 fully saturated rings. The zero-order valence-corrected chi connectivity index (χ0v) is 10.6. The molecule has 0 unspecified atom stereocenters. The van der Waals surface area contributed by atoms with Crippen molar-refractivity contribution in [3.63, 3.8) is 0 Å². The van der Waals surface area contributed by atoms with E-state index in [1.807, 2.05) is 10.9 Å². The van der Waals surface area contributed by atoms with Crippen molar-refractivity contribution in [2.45, 2.75) is 33.4 Å². The van der Waals surface area contributed by atoms with Crippen LogP contribution in [0.25, 0.3) is 0 Å². The van der Waals surface area contributed by atoms with Gasteiger partial charge in [-0.2, -0.15) is 5.10 Å². The van der Waals surface area contributed by atoms with Crippen molar-refractivity contribution >= 4 is 0 Å². The Kier molecular flexibility index (Phi) is 3.47. The highest BCUT2D eigenvalue weighted by Crippen LogP contribution is 2.14. The number of rotatable bonds is 4. The molecule has 0 amide bonds. The first-order valence-corrected chi connectivity index (χ1v) is 5.87. The Hall–Kier alpha value is -1.77. The van der Waals surface area contributed by atoms with E-state index < -0.39 is 0 Å². The SMILES string of the molecule is Cc1ccc(COc2cnn(C(C)C)c2)cc1. The molecule has 0 aliphatic heterocycles. The van der Waals surface area contributed by atoms with Crippen LogP contribution in [0.3, 0.4) is 0 Å². The number of aromatic nitrogens is 2. The number of aryl methyl sites for hydroxylation is 1. The Morgan fingerprint density at radius 1 is 1.24 bits per heavy atom. The highest BCUT2D eigenvalue weighted by Gasteiger charge is 2.02. The smallest absolute Gasteiger partial charge is 0.157 e. The van der Waals surface area contributed by atoms with Crippen LogP contribution in [0.5, 0.6) is 5.75 Å². The minimum Gasteiger partial charge on any atom is -0.486 e. The predicted octanol–water partition coefficient (Wildman–Crippen LogP) is 3.35. The van der Waals surface area contributed by atoms with E-state index in [2.05, 4.69) is 50.1 Å². The topological polar surface area (TPSA) is 27.1 Å². The van der Waals surface area contributed by atoms with E-state index in [1.54, 1.807) is 6.20 Å². The molecule has 2 rings (SSSR count). The molecule has 0 aliphatic carbocycles. The van der Waals surface area contributed by atoms with Crippen LogP contribution in [0.2, 0.25) is 0 Å². The van der Waals surface area contributed by atoms with Crippen LogP contribution in [-0.4, -0.2) is 9.78 Å². The summed E-state index contributed by atoms with van der Waals surface area (Å²) in [5.41, 5.74) is 2.44. The van der Waals surface area contributed by atoms with Gasteiger partial charge in [0.05, 0.1) is 12.4 Å². The fourth-order valence-electron chi connectivity index (χ4n) is 1.53. The lowest BCUT2D eigenvalue weighted by molar-refractivity contribution is 0.305. The van der Waals surface area contributed by atoms with Crippen LogP contribution < -0.4 is 4.74 Å². The highest BCUT2D eigenvalue weighted by molar-refractivity contribution is 5.21. The van der Waals surface area contributed by atoms with Gasteiger partial charge in [-0.15, -0.1) is 0 Å². The standard InChI is InChI=1S/C14H18N2O/c1-11(2)16-9-14(8-15-16)17-10-13-6-4-12(3)5-7-13/h4-9,11H,10H2,1-3H3. The molecule has 90 valence electrons. The number of benzene rings is 1. The maximum Gasteiger partial charge on any atom is 0.157 e.